The van der Waals surface area contributed by atoms with E-state index in [1.807, 2.05) is 54.8 Å². The normalized spacial score (nSPS) is 10.3. The molecule has 0 saturated heterocycles. The number of nitrogens with zero attached hydrogens (tertiary/aromatic N) is 1. The van der Waals surface area contributed by atoms with Gasteiger partial charge in [0.2, 0.25) is 0 Å². The molecule has 0 aliphatic carbocycles. The zero-order valence-electron chi connectivity index (χ0n) is 12.7. The lowest BCUT2D eigenvalue weighted by Crippen LogP contribution is -2.13. The van der Waals surface area contributed by atoms with Crippen LogP contribution in [0.2, 0.25) is 0 Å². The molecule has 5 heteroatoms. The Labute approximate surface area is 138 Å². The van der Waals surface area contributed by atoms with E-state index < -0.39 is 0 Å². The molecule has 1 heterocycles. The molecule has 3 aromatic rings. The largest absolute Gasteiger partial charge is 0.492 e. The number of hydrogen-bond acceptors (Lipinski definition) is 4. The van der Waals surface area contributed by atoms with Crippen molar-refractivity contribution in [2.75, 3.05) is 11.9 Å². The molecule has 0 atom stereocenters. The van der Waals surface area contributed by atoms with E-state index in [0.29, 0.717) is 23.6 Å². The van der Waals surface area contributed by atoms with E-state index in [9.17, 15) is 4.79 Å². The molecule has 0 unspecified atom stereocenters. The minimum Gasteiger partial charge on any atom is -0.492 e. The van der Waals surface area contributed by atoms with E-state index in [-0.39, 0.29) is 5.91 Å². The third-order valence-corrected chi connectivity index (χ3v) is 4.06. The molecular weight excluding hydrogens is 308 g/mol. The fourth-order valence-corrected chi connectivity index (χ4v) is 2.84. The predicted molar refractivity (Wildman–Crippen MR) is 93.1 cm³/mol. The molecule has 1 aromatic heterocycles. The average molecular weight is 324 g/mol. The van der Waals surface area contributed by atoms with Gasteiger partial charge in [0, 0.05) is 22.7 Å². The number of ether oxygens (including phenoxy) is 1. The van der Waals surface area contributed by atoms with Crippen LogP contribution in [0.4, 0.5) is 5.69 Å². The summed E-state index contributed by atoms with van der Waals surface area (Å²) in [6, 6.07) is 14.9. The van der Waals surface area contributed by atoms with Gasteiger partial charge in [-0.15, -0.1) is 11.3 Å². The Bertz CT molecular complexity index is 800. The van der Waals surface area contributed by atoms with E-state index in [0.717, 1.165) is 10.6 Å². The number of anilines is 1. The average Bonchev–Trinajstić information content (AvgIpc) is 3.11. The number of carbonyl (C=O) groups is 1. The monoisotopic (exact) mass is 324 g/mol. The summed E-state index contributed by atoms with van der Waals surface area (Å²) >= 11 is 1.55. The lowest BCUT2D eigenvalue weighted by atomic mass is 10.1. The van der Waals surface area contributed by atoms with Crippen molar-refractivity contribution in [3.63, 3.8) is 0 Å². The molecule has 0 fully saturated rings. The van der Waals surface area contributed by atoms with Crippen LogP contribution in [0.15, 0.2) is 60.1 Å². The zero-order chi connectivity index (χ0) is 16.1. The van der Waals surface area contributed by atoms with Gasteiger partial charge in [-0.3, -0.25) is 4.79 Å². The maximum atomic E-state index is 12.5. The van der Waals surface area contributed by atoms with Gasteiger partial charge in [-0.1, -0.05) is 24.3 Å². The first-order chi connectivity index (χ1) is 11.3. The molecule has 1 amide bonds. The Balaban J connectivity index is 1.83. The molecule has 3 rings (SSSR count). The Kier molecular flexibility index (Phi) is 4.68. The number of amides is 1. The van der Waals surface area contributed by atoms with E-state index >= 15 is 0 Å². The highest BCUT2D eigenvalue weighted by Gasteiger charge is 2.11. The smallest absolute Gasteiger partial charge is 0.255 e. The van der Waals surface area contributed by atoms with Gasteiger partial charge >= 0.3 is 0 Å². The highest BCUT2D eigenvalue weighted by molar-refractivity contribution is 7.13. The van der Waals surface area contributed by atoms with Crippen LogP contribution >= 0.6 is 11.3 Å². The van der Waals surface area contributed by atoms with Gasteiger partial charge in [0.15, 0.2) is 0 Å². The molecule has 116 valence electrons. The molecule has 0 radical (unpaired) electrons. The number of rotatable bonds is 5. The highest BCUT2D eigenvalue weighted by Crippen LogP contribution is 2.26. The summed E-state index contributed by atoms with van der Waals surface area (Å²) in [7, 11) is 0. The van der Waals surface area contributed by atoms with Crippen molar-refractivity contribution in [3.05, 3.63) is 65.7 Å². The molecule has 4 nitrogen and oxygen atoms in total. The minimum atomic E-state index is -0.171. The first-order valence-electron chi connectivity index (χ1n) is 7.31. The maximum absolute atomic E-state index is 12.5. The number of para-hydroxylation sites is 2. The van der Waals surface area contributed by atoms with Crippen LogP contribution in [-0.2, 0) is 0 Å². The van der Waals surface area contributed by atoms with Gasteiger partial charge in [-0.2, -0.15) is 0 Å². The topological polar surface area (TPSA) is 51.2 Å². The van der Waals surface area contributed by atoms with Crippen LogP contribution in [0.3, 0.4) is 0 Å². The molecule has 23 heavy (non-hydrogen) atoms. The van der Waals surface area contributed by atoms with E-state index in [4.69, 9.17) is 4.74 Å². The first-order valence-corrected chi connectivity index (χ1v) is 8.19. The highest BCUT2D eigenvalue weighted by atomic mass is 32.1. The predicted octanol–water partition coefficient (Wildman–Crippen LogP) is 4.46. The number of benzene rings is 2. The second-order valence-electron chi connectivity index (χ2n) is 4.80. The molecule has 2 aromatic carbocycles. The molecule has 0 bridgehead atoms. The van der Waals surface area contributed by atoms with E-state index in [2.05, 4.69) is 10.3 Å². The molecule has 0 spiro atoms. The van der Waals surface area contributed by atoms with E-state index in [1.54, 1.807) is 23.6 Å². The Hall–Kier alpha value is -2.66. The molecular formula is C18H16N2O2S. The van der Waals surface area contributed by atoms with Crippen LogP contribution in [0.1, 0.15) is 17.3 Å². The van der Waals surface area contributed by atoms with Crippen molar-refractivity contribution in [2.24, 2.45) is 0 Å². The third-order valence-electron chi connectivity index (χ3n) is 3.24. The summed E-state index contributed by atoms with van der Waals surface area (Å²) in [4.78, 5) is 16.8. The standard InChI is InChI=1S/C18H16N2O2S/c1-2-22-16-9-4-3-8-15(16)20-17(21)13-6-5-7-14(12-13)18-19-10-11-23-18/h3-12H,2H2,1H3,(H,20,21). The van der Waals surface area contributed by atoms with Crippen molar-refractivity contribution in [3.8, 4) is 16.3 Å². The Morgan fingerprint density at radius 2 is 2.09 bits per heavy atom. The van der Waals surface area contributed by atoms with Crippen molar-refractivity contribution in [2.45, 2.75) is 6.92 Å². The minimum absolute atomic E-state index is 0.171. The Morgan fingerprint density at radius 3 is 2.87 bits per heavy atom. The quantitative estimate of drug-likeness (QED) is 0.754. The fraction of sp³-hybridized carbons (Fsp3) is 0.111. The summed E-state index contributed by atoms with van der Waals surface area (Å²) in [5, 5.41) is 5.72. The van der Waals surface area contributed by atoms with Crippen molar-refractivity contribution < 1.29 is 9.53 Å². The summed E-state index contributed by atoms with van der Waals surface area (Å²) in [5.74, 6) is 0.495. The SMILES string of the molecule is CCOc1ccccc1NC(=O)c1cccc(-c2nccs2)c1. The summed E-state index contributed by atoms with van der Waals surface area (Å²) in [6.07, 6.45) is 1.76. The van der Waals surface area contributed by atoms with Crippen molar-refractivity contribution >= 4 is 22.9 Å². The number of nitrogens with one attached hydrogen (secondary N) is 1. The fourth-order valence-electron chi connectivity index (χ4n) is 2.21. The van der Waals surface area contributed by atoms with Gasteiger partial charge in [0.1, 0.15) is 10.8 Å². The molecule has 0 aliphatic rings. The zero-order valence-corrected chi connectivity index (χ0v) is 13.5. The second kappa shape index (κ2) is 7.07. The van der Waals surface area contributed by atoms with Gasteiger partial charge in [-0.05, 0) is 31.2 Å². The van der Waals surface area contributed by atoms with E-state index in [1.165, 1.54) is 0 Å². The lowest BCUT2D eigenvalue weighted by Gasteiger charge is -2.11. The van der Waals surface area contributed by atoms with Gasteiger partial charge < -0.3 is 10.1 Å². The van der Waals surface area contributed by atoms with Gasteiger partial charge in [-0.25, -0.2) is 4.98 Å². The summed E-state index contributed by atoms with van der Waals surface area (Å²) in [5.41, 5.74) is 2.19. The number of carbonyl (C=O) groups excluding carboxylic acids is 1. The molecule has 0 saturated carbocycles. The van der Waals surface area contributed by atoms with Crippen LogP contribution in [-0.4, -0.2) is 17.5 Å². The lowest BCUT2D eigenvalue weighted by molar-refractivity contribution is 0.102. The van der Waals surface area contributed by atoms with Crippen LogP contribution < -0.4 is 10.1 Å². The molecule has 0 aliphatic heterocycles. The van der Waals surface area contributed by atoms with Gasteiger partial charge in [0.05, 0.1) is 12.3 Å². The van der Waals surface area contributed by atoms with Crippen molar-refractivity contribution in [1.82, 2.24) is 4.98 Å². The molecule has 1 N–H and O–H groups in total. The van der Waals surface area contributed by atoms with Crippen LogP contribution in [0.5, 0.6) is 5.75 Å². The van der Waals surface area contributed by atoms with Gasteiger partial charge in [0.25, 0.3) is 5.91 Å². The Morgan fingerprint density at radius 1 is 1.22 bits per heavy atom. The third kappa shape index (κ3) is 3.57. The second-order valence-corrected chi connectivity index (χ2v) is 5.70. The van der Waals surface area contributed by atoms with Crippen LogP contribution in [0.25, 0.3) is 10.6 Å². The first kappa shape index (κ1) is 15.2. The van der Waals surface area contributed by atoms with Crippen LogP contribution in [0, 0.1) is 0 Å². The number of aromatic nitrogens is 1. The van der Waals surface area contributed by atoms with Crippen molar-refractivity contribution in [1.29, 1.82) is 0 Å². The summed E-state index contributed by atoms with van der Waals surface area (Å²) < 4.78 is 5.53. The number of thiazole rings is 1. The maximum Gasteiger partial charge on any atom is 0.255 e. The summed E-state index contributed by atoms with van der Waals surface area (Å²) in [6.45, 7) is 2.46. The number of hydrogen-bond donors (Lipinski definition) is 1.